The van der Waals surface area contributed by atoms with Crippen molar-refractivity contribution in [1.82, 2.24) is 31.3 Å². The Morgan fingerprint density at radius 3 is 0.977 bits per heavy atom. The summed E-state index contributed by atoms with van der Waals surface area (Å²) in [6.45, 7) is 26.9. The van der Waals surface area contributed by atoms with Crippen LogP contribution in [0.1, 0.15) is 292 Å². The van der Waals surface area contributed by atoms with Crippen LogP contribution in [0.15, 0.2) is 91.0 Å². The summed E-state index contributed by atoms with van der Waals surface area (Å²) in [4.78, 5) is 49.5. The molecule has 25 nitrogen and oxygen atoms in total. The molecule has 0 spiro atoms. The molecular weight excluding hydrogens is 1750 g/mol. The highest BCUT2D eigenvalue weighted by Gasteiger charge is 2.67. The Labute approximate surface area is 790 Å². The van der Waals surface area contributed by atoms with Crippen LogP contribution < -0.4 is 31.3 Å². The minimum absolute atomic E-state index is 0.0392. The maximum absolute atomic E-state index is 12.5. The highest BCUT2D eigenvalue weighted by atomic mass is 32.2. The van der Waals surface area contributed by atoms with E-state index in [1.807, 2.05) is 20.8 Å². The molecular formula is C103H162N6O19S4. The van der Waals surface area contributed by atoms with Crippen LogP contribution in [0.3, 0.4) is 0 Å². The fourth-order valence-electron chi connectivity index (χ4n) is 31.8. The van der Waals surface area contributed by atoms with Crippen LogP contribution in [0, 0.1) is 139 Å². The topological polar surface area (TPSA) is 408 Å². The molecule has 3 aromatic rings. The normalized spacial score (nSPS) is 37.7. The lowest BCUT2D eigenvalue weighted by Gasteiger charge is -2.63. The summed E-state index contributed by atoms with van der Waals surface area (Å²) in [6, 6.07) is 33.0. The highest BCUT2D eigenvalue weighted by Crippen LogP contribution is 2.73. The first-order chi connectivity index (χ1) is 61.8. The van der Waals surface area contributed by atoms with Gasteiger partial charge in [-0.3, -0.25) is 33.4 Å². The van der Waals surface area contributed by atoms with E-state index in [0.717, 1.165) is 167 Å². The Hall–Kier alpha value is -5.18. The van der Waals surface area contributed by atoms with Crippen molar-refractivity contribution in [2.24, 2.45) is 139 Å². The first-order valence-electron chi connectivity index (χ1n) is 50.4. The second-order valence-electron chi connectivity index (χ2n) is 46.5. The zero-order valence-electron chi connectivity index (χ0n) is 81.1. The lowest BCUT2D eigenvalue weighted by atomic mass is 9.43. The van der Waals surface area contributed by atoms with Gasteiger partial charge >= 0.3 is 6.09 Å². The van der Waals surface area contributed by atoms with Gasteiger partial charge in [-0.2, -0.15) is 25.3 Å². The highest BCUT2D eigenvalue weighted by molar-refractivity contribution is 7.88. The van der Waals surface area contributed by atoms with E-state index in [1.54, 1.807) is 0 Å². The summed E-state index contributed by atoms with van der Waals surface area (Å²) in [6.07, 6.45) is 27.9. The molecule has 12 aliphatic carbocycles. The molecule has 132 heavy (non-hydrogen) atoms. The quantitative estimate of drug-likeness (QED) is 0.0227. The summed E-state index contributed by atoms with van der Waals surface area (Å²) >= 11 is 0. The van der Waals surface area contributed by atoms with E-state index in [4.69, 9.17) is 18.4 Å². The summed E-state index contributed by atoms with van der Waals surface area (Å²) in [5, 5.41) is 50.6. The number of hydrogen-bond donors (Lipinski definition) is 12. The van der Waals surface area contributed by atoms with Gasteiger partial charge in [-0.15, -0.1) is 0 Å². The fourth-order valence-corrected chi connectivity index (χ4v) is 33.7. The van der Waals surface area contributed by atoms with Crippen molar-refractivity contribution in [2.75, 3.05) is 43.1 Å². The molecule has 0 aromatic heterocycles. The molecule has 4 amide bonds. The van der Waals surface area contributed by atoms with Gasteiger partial charge in [0.05, 0.1) is 47.4 Å². The molecule has 12 saturated carbocycles. The van der Waals surface area contributed by atoms with Gasteiger partial charge < -0.3 is 41.3 Å². The van der Waals surface area contributed by atoms with Crippen molar-refractivity contribution in [3.8, 4) is 0 Å². The van der Waals surface area contributed by atoms with Crippen LogP contribution >= 0.6 is 0 Å². The summed E-state index contributed by atoms with van der Waals surface area (Å²) in [5.41, 5.74) is 3.60. The number of carbonyl (C=O) groups excluding carboxylic acids is 4. The number of hydrogen-bond acceptors (Lipinski definition) is 17. The van der Waals surface area contributed by atoms with E-state index in [2.05, 4.69) is 185 Å². The summed E-state index contributed by atoms with van der Waals surface area (Å²) < 4.78 is 124. The van der Waals surface area contributed by atoms with Gasteiger partial charge in [0.2, 0.25) is 27.7 Å². The van der Waals surface area contributed by atoms with Crippen molar-refractivity contribution in [1.29, 1.82) is 0 Å². The van der Waals surface area contributed by atoms with Gasteiger partial charge in [0.25, 0.3) is 30.4 Å². The second-order valence-corrected chi connectivity index (χ2v) is 53.0. The van der Waals surface area contributed by atoms with Gasteiger partial charge in [0.15, 0.2) is 0 Å². The predicted molar refractivity (Wildman–Crippen MR) is 514 cm³/mol. The molecule has 12 N–H and O–H groups in total. The van der Waals surface area contributed by atoms with Crippen LogP contribution in [-0.4, -0.2) is 172 Å². The molecule has 12 fully saturated rings. The summed E-state index contributed by atoms with van der Waals surface area (Å²) in [7, 11) is -15.5. The smallest absolute Gasteiger partial charge is 0.407 e. The molecule has 29 heteroatoms. The van der Waals surface area contributed by atoms with E-state index < -0.39 is 68.8 Å². The number of rotatable bonds is 29. The van der Waals surface area contributed by atoms with Gasteiger partial charge in [-0.25, -0.2) is 17.9 Å². The Morgan fingerprint density at radius 1 is 0.394 bits per heavy atom. The molecule has 0 bridgehead atoms. The van der Waals surface area contributed by atoms with Crippen LogP contribution in [0.4, 0.5) is 4.79 Å². The SMILES string of the molecule is C[C@H](CCC(=O)NCCS(=O)(=O)O)[C@H]1CC[C@H]2[C@@H]3[C@@H](O)CC4C[C@H](NC(=O)OC(C)(C)C)CC[C@]4(C)[C@H]3CC[C@]12C.C[C@H](CCC(=O)NCCS(=O)(=O)O)[C@H]1CC[C@H]2[C@@H]3[C@@H](O)CC4C[C@H](NC(c5ccccc5)(c5ccccc5)c5ccccc5)CC[C@]4(C)[C@H]3CC[C@]12C.C[C@H](CCC(=O)NCCS(=O)(=O)O)[C@H]1CC[C@H]2[C@@H]3[C@@H](O)CC4C[C@H](NS(C)(=O)=O)CC[C@]4(C)[C@H]3CC[C@]12C. The number of alkyl carbamates (subject to hydrolysis) is 1. The van der Waals surface area contributed by atoms with Crippen LogP contribution in [0.25, 0.3) is 0 Å². The number of fused-ring (bicyclic) bond motifs is 15. The first-order valence-corrected chi connectivity index (χ1v) is 57.1. The molecule has 0 radical (unpaired) electrons. The average molecular weight is 1920 g/mol. The molecule has 0 heterocycles. The van der Waals surface area contributed by atoms with Gasteiger partial charge in [-0.05, 0) is 350 Å². The number of aliphatic hydroxyl groups excluding tert-OH is 3. The zero-order valence-corrected chi connectivity index (χ0v) is 84.4. The summed E-state index contributed by atoms with van der Waals surface area (Å²) in [5.74, 6) is 5.50. The van der Waals surface area contributed by atoms with Gasteiger partial charge in [0, 0.05) is 57.0 Å². The predicted octanol–water partition coefficient (Wildman–Crippen LogP) is 15.9. The largest absolute Gasteiger partial charge is 0.444 e. The molecule has 0 saturated heterocycles. The Kier molecular flexibility index (Phi) is 32.6. The second kappa shape index (κ2) is 41.3. The molecule has 15 rings (SSSR count). The van der Waals surface area contributed by atoms with Gasteiger partial charge in [0.1, 0.15) is 5.60 Å². The first kappa shape index (κ1) is 104. The number of nitrogens with one attached hydrogen (secondary N) is 6. The lowest BCUT2D eigenvalue weighted by Crippen LogP contribution is -2.60. The molecule has 30 atom stereocenters. The van der Waals surface area contributed by atoms with Crippen LogP contribution in [0.2, 0.25) is 0 Å². The maximum Gasteiger partial charge on any atom is 0.407 e. The van der Waals surface area contributed by atoms with Crippen molar-refractivity contribution in [3.63, 3.8) is 0 Å². The number of amides is 4. The van der Waals surface area contributed by atoms with Crippen LogP contribution in [-0.2, 0) is 65.0 Å². The molecule has 3 aromatic carbocycles. The number of benzene rings is 3. The Balaban J connectivity index is 0.000000171. The van der Waals surface area contributed by atoms with Crippen molar-refractivity contribution in [3.05, 3.63) is 108 Å². The van der Waals surface area contributed by atoms with Crippen molar-refractivity contribution >= 4 is 64.2 Å². The van der Waals surface area contributed by atoms with E-state index in [1.165, 1.54) is 29.4 Å². The van der Waals surface area contributed by atoms with Crippen LogP contribution in [0.5, 0.6) is 0 Å². The average Bonchev–Trinajstić information content (AvgIpc) is 1.45. The minimum atomic E-state index is -4.09. The van der Waals surface area contributed by atoms with Gasteiger partial charge in [-0.1, -0.05) is 153 Å². The van der Waals surface area contributed by atoms with E-state index in [9.17, 15) is 68.2 Å². The lowest BCUT2D eigenvalue weighted by molar-refractivity contribution is -0.167. The standard InChI is InChI=1S/C45H60N2O5S.C31H54N2O7S.C27H48N2O7S2/c1-31(19-22-41(49)46-27-28-53(50,51)52)37-20-21-38-42-39(24-26-44(37,38)3)43(2)25-23-36(29-35(43)30-40(42)48)47-45(32-13-7-4-8-14-32,33-15-9-5-10-16-33)34-17-11-6-12-18-34;1-19(7-10-26(35)32-15-16-41(37,38)39)22-8-9-23-27-24(12-14-31(22,23)6)30(5)13-11-21(17-20(30)18-25(27)34)33-28(36)40-29(2,3)4;1-17(5-8-24(31)28-13-14-38(34,35)36)20-6-7-21-25-22(10-12-27(20,21)3)26(2)11-9-19(29-37(4,32)33)15-18(26)16-23(25)30/h4-18,31,35-40,42,47-48H,19-30H2,1-3H3,(H,46,49)(H,50,51,52);19-25,27,34H,7-18H2,1-6H3,(H,32,35)(H,33,36)(H,37,38,39);17-23,25,29-30H,5-16H2,1-4H3,(H,28,31)(H,34,35,36)/t31-,35?,36-,37-,38+,39+,40+,42+,43+,44-;19-,20?,21-,22-,23+,24+,25+,27+,30+,31-;17-,18?,19-,20-,21+,22+,23+,25+,26+,27-/m111/s1. The number of aliphatic hydroxyl groups is 3. The number of ether oxygens (including phenoxy) is 1. The van der Waals surface area contributed by atoms with Crippen molar-refractivity contribution in [2.45, 2.75) is 323 Å². The fraction of sp³-hybridized carbons (Fsp3) is 0.786. The van der Waals surface area contributed by atoms with E-state index >= 15 is 0 Å². The third-order valence-corrected chi connectivity index (χ3v) is 40.9. The molecule has 3 unspecified atom stereocenters. The zero-order chi connectivity index (χ0) is 95.9. The third kappa shape index (κ3) is 23.3. The molecule has 742 valence electrons. The third-order valence-electron chi connectivity index (χ3n) is 38.0. The number of sulfonamides is 1. The maximum atomic E-state index is 12.5. The molecule has 0 aliphatic heterocycles. The monoisotopic (exact) mass is 1920 g/mol. The minimum Gasteiger partial charge on any atom is -0.444 e. The molecule has 12 aliphatic rings. The Morgan fingerprint density at radius 2 is 0.674 bits per heavy atom. The Bertz CT molecular complexity index is 4820. The number of carbonyl (C=O) groups is 4. The van der Waals surface area contributed by atoms with E-state index in [-0.39, 0.29) is 112 Å². The van der Waals surface area contributed by atoms with E-state index in [0.29, 0.717) is 126 Å². The van der Waals surface area contributed by atoms with Crippen molar-refractivity contribution < 1.29 is 86.6 Å².